The van der Waals surface area contributed by atoms with Crippen molar-refractivity contribution >= 4 is 27.9 Å². The molecule has 1 N–H and O–H groups in total. The number of amides is 2. The third-order valence-electron chi connectivity index (χ3n) is 3.41. The maximum atomic E-state index is 13.7. The van der Waals surface area contributed by atoms with Crippen molar-refractivity contribution in [2.75, 3.05) is 6.54 Å². The van der Waals surface area contributed by atoms with Gasteiger partial charge in [0.15, 0.2) is 0 Å². The van der Waals surface area contributed by atoms with E-state index in [1.807, 2.05) is 6.07 Å². The van der Waals surface area contributed by atoms with Crippen molar-refractivity contribution in [3.05, 3.63) is 28.5 Å². The zero-order valence-electron chi connectivity index (χ0n) is 13.9. The van der Waals surface area contributed by atoms with Gasteiger partial charge in [0, 0.05) is 29.8 Å². The van der Waals surface area contributed by atoms with E-state index in [1.54, 1.807) is 33.2 Å². The fourth-order valence-electron chi connectivity index (χ4n) is 2.42. The van der Waals surface area contributed by atoms with Gasteiger partial charge >= 0.3 is 6.09 Å². The number of carbonyl (C=O) groups excluding carboxylic acids is 2. The highest BCUT2D eigenvalue weighted by molar-refractivity contribution is 9.10. The topological polar surface area (TPSA) is 71.5 Å². The molecule has 2 atom stereocenters. The molecule has 0 aromatic carbocycles. The highest BCUT2D eigenvalue weighted by atomic mass is 79.9. The van der Waals surface area contributed by atoms with Gasteiger partial charge in [-0.25, -0.2) is 9.18 Å². The Kier molecular flexibility index (Phi) is 5.79. The molecule has 0 spiro atoms. The van der Waals surface area contributed by atoms with Crippen LogP contribution in [0.1, 0.15) is 32.8 Å². The summed E-state index contributed by atoms with van der Waals surface area (Å²) in [6.07, 6.45) is 1.33. The van der Waals surface area contributed by atoms with E-state index in [2.05, 4.69) is 26.2 Å². The average Bonchev–Trinajstić information content (AvgIpc) is 2.85. The van der Waals surface area contributed by atoms with Crippen LogP contribution in [-0.2, 0) is 16.1 Å². The van der Waals surface area contributed by atoms with E-state index < -0.39 is 29.8 Å². The Balaban J connectivity index is 1.99. The van der Waals surface area contributed by atoms with E-state index in [1.165, 1.54) is 0 Å². The second-order valence-electron chi connectivity index (χ2n) is 6.71. The van der Waals surface area contributed by atoms with Crippen LogP contribution in [0.4, 0.5) is 9.18 Å². The number of ether oxygens (including phenoxy) is 1. The molecule has 2 amide bonds. The highest BCUT2D eigenvalue weighted by Crippen LogP contribution is 2.23. The van der Waals surface area contributed by atoms with Gasteiger partial charge in [0.05, 0.1) is 6.54 Å². The summed E-state index contributed by atoms with van der Waals surface area (Å²) in [5.74, 6) is -0.402. The minimum Gasteiger partial charge on any atom is -0.444 e. The van der Waals surface area contributed by atoms with Crippen LogP contribution in [0.2, 0.25) is 0 Å². The molecule has 2 rings (SSSR count). The Bertz CT molecular complexity index is 621. The number of alkyl halides is 1. The van der Waals surface area contributed by atoms with Crippen molar-refractivity contribution < 1.29 is 18.7 Å². The summed E-state index contributed by atoms with van der Waals surface area (Å²) in [5.41, 5.74) is 0.102. The summed E-state index contributed by atoms with van der Waals surface area (Å²) >= 11 is 3.31. The van der Waals surface area contributed by atoms with Gasteiger partial charge in [0.25, 0.3) is 0 Å². The first-order valence-corrected chi connectivity index (χ1v) is 8.46. The maximum Gasteiger partial charge on any atom is 0.411 e. The van der Waals surface area contributed by atoms with Crippen molar-refractivity contribution in [3.63, 3.8) is 0 Å². The lowest BCUT2D eigenvalue weighted by Crippen LogP contribution is -2.47. The van der Waals surface area contributed by atoms with Gasteiger partial charge in [0.2, 0.25) is 5.91 Å². The zero-order valence-corrected chi connectivity index (χ0v) is 15.5. The minimum atomic E-state index is -1.24. The van der Waals surface area contributed by atoms with E-state index >= 15 is 0 Å². The molecule has 24 heavy (non-hydrogen) atoms. The van der Waals surface area contributed by atoms with Crippen LogP contribution >= 0.6 is 15.9 Å². The monoisotopic (exact) mass is 401 g/mol. The van der Waals surface area contributed by atoms with Gasteiger partial charge in [-0.3, -0.25) is 14.7 Å². The quantitative estimate of drug-likeness (QED) is 0.844. The second-order valence-corrected chi connectivity index (χ2v) is 7.63. The largest absolute Gasteiger partial charge is 0.444 e. The Labute approximate surface area is 148 Å². The van der Waals surface area contributed by atoms with E-state index in [9.17, 15) is 14.0 Å². The molecule has 1 saturated heterocycles. The maximum absolute atomic E-state index is 13.7. The van der Waals surface area contributed by atoms with Gasteiger partial charge in [-0.2, -0.15) is 0 Å². The standard InChI is InChI=1S/C16H21BrFN3O3/c1-16(2,3)24-15(23)21-9-12(18)5-13(21)14(22)20-7-10-4-11(17)8-19-6-10/h4,6,8,12-13H,5,7,9H2,1-3H3,(H,20,22)/t12-,13+/m1/s1. The van der Waals surface area contributed by atoms with Crippen molar-refractivity contribution in [3.8, 4) is 0 Å². The summed E-state index contributed by atoms with van der Waals surface area (Å²) in [7, 11) is 0. The molecule has 0 bridgehead atoms. The lowest BCUT2D eigenvalue weighted by atomic mass is 10.2. The zero-order chi connectivity index (χ0) is 17.9. The average molecular weight is 402 g/mol. The van der Waals surface area contributed by atoms with Crippen LogP contribution in [0.3, 0.4) is 0 Å². The lowest BCUT2D eigenvalue weighted by molar-refractivity contribution is -0.125. The SMILES string of the molecule is CC(C)(C)OC(=O)N1C[C@H](F)C[C@H]1C(=O)NCc1cncc(Br)c1. The summed E-state index contributed by atoms with van der Waals surface area (Å²) < 4.78 is 19.8. The van der Waals surface area contributed by atoms with Gasteiger partial charge in [-0.05, 0) is 48.3 Å². The molecule has 1 aromatic rings. The molecule has 132 valence electrons. The first-order chi connectivity index (χ1) is 11.2. The van der Waals surface area contributed by atoms with Crippen molar-refractivity contribution in [1.29, 1.82) is 0 Å². The van der Waals surface area contributed by atoms with Gasteiger partial charge in [0.1, 0.15) is 17.8 Å². The summed E-state index contributed by atoms with van der Waals surface area (Å²) in [4.78, 5) is 29.7. The summed E-state index contributed by atoms with van der Waals surface area (Å²) in [6.45, 7) is 5.29. The summed E-state index contributed by atoms with van der Waals surface area (Å²) in [6, 6.07) is 0.959. The molecule has 1 aliphatic rings. The molecule has 8 heteroatoms. The first kappa shape index (κ1) is 18.6. The molecule has 0 radical (unpaired) electrons. The van der Waals surface area contributed by atoms with Crippen LogP contribution in [0, 0.1) is 0 Å². The molecular formula is C16H21BrFN3O3. The molecule has 1 aromatic heterocycles. The number of hydrogen-bond acceptors (Lipinski definition) is 4. The number of nitrogens with zero attached hydrogens (tertiary/aromatic N) is 2. The number of hydrogen-bond donors (Lipinski definition) is 1. The number of carbonyl (C=O) groups is 2. The second kappa shape index (κ2) is 7.46. The molecule has 0 aliphatic carbocycles. The fraction of sp³-hybridized carbons (Fsp3) is 0.562. The van der Waals surface area contributed by atoms with Crippen LogP contribution in [0.15, 0.2) is 22.9 Å². The van der Waals surface area contributed by atoms with Crippen LogP contribution in [0.25, 0.3) is 0 Å². The smallest absolute Gasteiger partial charge is 0.411 e. The van der Waals surface area contributed by atoms with Crippen molar-refractivity contribution in [2.24, 2.45) is 0 Å². The number of aromatic nitrogens is 1. The number of nitrogens with one attached hydrogen (secondary N) is 1. The lowest BCUT2D eigenvalue weighted by Gasteiger charge is -2.27. The highest BCUT2D eigenvalue weighted by Gasteiger charge is 2.41. The predicted molar refractivity (Wildman–Crippen MR) is 90.0 cm³/mol. The first-order valence-electron chi connectivity index (χ1n) is 7.66. The van der Waals surface area contributed by atoms with Crippen molar-refractivity contribution in [2.45, 2.75) is 51.6 Å². The predicted octanol–water partition coefficient (Wildman–Crippen LogP) is 2.81. The van der Waals surface area contributed by atoms with E-state index in [0.29, 0.717) is 0 Å². The summed E-state index contributed by atoms with van der Waals surface area (Å²) in [5, 5.41) is 2.72. The number of likely N-dealkylation sites (tertiary alicyclic amines) is 1. The molecule has 1 aliphatic heterocycles. The molecule has 0 unspecified atom stereocenters. The minimum absolute atomic E-state index is 0.0260. The van der Waals surface area contributed by atoms with Gasteiger partial charge < -0.3 is 10.1 Å². The van der Waals surface area contributed by atoms with Gasteiger partial charge in [-0.1, -0.05) is 0 Å². The Morgan fingerprint density at radius 3 is 2.79 bits per heavy atom. The normalized spacial score (nSPS) is 20.8. The molecule has 2 heterocycles. The molecule has 6 nitrogen and oxygen atoms in total. The van der Waals surface area contributed by atoms with Crippen molar-refractivity contribution in [1.82, 2.24) is 15.2 Å². The third kappa shape index (κ3) is 5.15. The fourth-order valence-corrected chi connectivity index (χ4v) is 2.83. The van der Waals surface area contributed by atoms with Crippen LogP contribution in [-0.4, -0.2) is 46.2 Å². The molecular weight excluding hydrogens is 381 g/mol. The number of rotatable bonds is 3. The van der Waals surface area contributed by atoms with Crippen LogP contribution in [0.5, 0.6) is 0 Å². The Morgan fingerprint density at radius 2 is 2.17 bits per heavy atom. The van der Waals surface area contributed by atoms with E-state index in [-0.39, 0.29) is 19.5 Å². The van der Waals surface area contributed by atoms with E-state index in [0.717, 1.165) is 14.9 Å². The molecule has 0 saturated carbocycles. The van der Waals surface area contributed by atoms with Gasteiger partial charge in [-0.15, -0.1) is 0 Å². The third-order valence-corrected chi connectivity index (χ3v) is 3.84. The molecule has 1 fully saturated rings. The number of pyridine rings is 1. The Morgan fingerprint density at radius 1 is 1.46 bits per heavy atom. The van der Waals surface area contributed by atoms with E-state index in [4.69, 9.17) is 4.74 Å². The van der Waals surface area contributed by atoms with Crippen LogP contribution < -0.4 is 5.32 Å². The number of halogens is 2. The Hall–Kier alpha value is -1.70.